The number of H-pyrrole nitrogens is 1. The van der Waals surface area contributed by atoms with Gasteiger partial charge in [-0.1, -0.05) is 42.8 Å². The summed E-state index contributed by atoms with van der Waals surface area (Å²) in [5.74, 6) is 0.686. The number of benzene rings is 2. The highest BCUT2D eigenvalue weighted by molar-refractivity contribution is 7.19. The van der Waals surface area contributed by atoms with Crippen LogP contribution in [0.2, 0.25) is 0 Å². The molecule has 1 aliphatic heterocycles. The third-order valence-corrected chi connectivity index (χ3v) is 7.88. The normalized spacial score (nSPS) is 15.2. The van der Waals surface area contributed by atoms with E-state index in [9.17, 15) is 0 Å². The van der Waals surface area contributed by atoms with E-state index in [-0.39, 0.29) is 6.04 Å². The Balaban J connectivity index is 1.62. The van der Waals surface area contributed by atoms with Gasteiger partial charge in [0.15, 0.2) is 5.82 Å². The van der Waals surface area contributed by atoms with Crippen molar-refractivity contribution in [2.75, 3.05) is 13.1 Å². The zero-order valence-electron chi connectivity index (χ0n) is 19.1. The molecule has 35 heavy (non-hydrogen) atoms. The van der Waals surface area contributed by atoms with Gasteiger partial charge in [0.05, 0.1) is 29.9 Å². The van der Waals surface area contributed by atoms with E-state index in [1.54, 1.807) is 23.7 Å². The average molecular weight is 478 g/mol. The zero-order valence-corrected chi connectivity index (χ0v) is 19.9. The number of likely N-dealkylation sites (tertiary alicyclic amines) is 1. The van der Waals surface area contributed by atoms with Gasteiger partial charge in [-0.25, -0.2) is 9.83 Å². The third kappa shape index (κ3) is 3.99. The quantitative estimate of drug-likeness (QED) is 0.302. The van der Waals surface area contributed by atoms with Crippen molar-refractivity contribution in [3.63, 3.8) is 0 Å². The number of nitrogens with zero attached hydrogens (tertiary/aromatic N) is 6. The first-order chi connectivity index (χ1) is 17.3. The molecule has 0 amide bonds. The van der Waals surface area contributed by atoms with E-state index in [0.29, 0.717) is 11.5 Å². The summed E-state index contributed by atoms with van der Waals surface area (Å²) in [6, 6.07) is 17.0. The van der Waals surface area contributed by atoms with Gasteiger partial charge in [0.2, 0.25) is 5.69 Å². The Hall–Kier alpha value is -3.93. The van der Waals surface area contributed by atoms with E-state index >= 15 is 0 Å². The molecule has 0 bridgehead atoms. The third-order valence-electron chi connectivity index (χ3n) is 6.63. The Labute approximate surface area is 207 Å². The minimum Gasteiger partial charge on any atom is -0.293 e. The van der Waals surface area contributed by atoms with Gasteiger partial charge >= 0.3 is 0 Å². The largest absolute Gasteiger partial charge is 0.293 e. The Morgan fingerprint density at radius 2 is 1.83 bits per heavy atom. The van der Waals surface area contributed by atoms with E-state index in [1.165, 1.54) is 29.1 Å². The molecule has 1 N–H and O–H groups in total. The Morgan fingerprint density at radius 1 is 0.971 bits per heavy atom. The molecule has 1 fully saturated rings. The first-order valence-electron chi connectivity index (χ1n) is 11.7. The molecule has 0 aliphatic carbocycles. The second kappa shape index (κ2) is 9.37. The standard InChI is InChI=1S/C27H23N7S/c1-28-23-22(26(27-29-17-32-33-27)35-25(23)21-11-12-30-31-16-21)24(34-13-5-2-6-14-34)20-10-9-18-7-3-4-8-19(18)15-20/h3-4,7-12,15-17,24H,2,5-6,13-14H2,(H,29,32,33). The molecule has 172 valence electrons. The number of piperidine rings is 1. The number of aromatic amines is 1. The topological polar surface area (TPSA) is 75.0 Å². The Bertz CT molecular complexity index is 1500. The first kappa shape index (κ1) is 21.6. The van der Waals surface area contributed by atoms with Gasteiger partial charge in [-0.2, -0.15) is 15.3 Å². The molecule has 3 aromatic heterocycles. The zero-order chi connectivity index (χ0) is 23.6. The molecule has 1 unspecified atom stereocenters. The SMILES string of the molecule is [C-]#[N+]c1c(-c2ccnnc2)sc(-c2ncn[nH]2)c1C(c1ccc2ccccc2c1)N1CCCCC1. The molecule has 7 nitrogen and oxygen atoms in total. The molecular formula is C27H23N7S. The lowest BCUT2D eigenvalue weighted by atomic mass is 9.91. The number of thiophene rings is 1. The Kier molecular flexibility index (Phi) is 5.78. The van der Waals surface area contributed by atoms with Crippen molar-refractivity contribution < 1.29 is 0 Å². The fraction of sp³-hybridized carbons (Fsp3) is 0.222. The summed E-state index contributed by atoms with van der Waals surface area (Å²) >= 11 is 1.57. The van der Waals surface area contributed by atoms with Crippen LogP contribution in [0.15, 0.2) is 67.3 Å². The summed E-state index contributed by atoms with van der Waals surface area (Å²) in [6.07, 6.45) is 8.46. The van der Waals surface area contributed by atoms with Crippen LogP contribution in [0.25, 0.3) is 36.8 Å². The second-order valence-corrected chi connectivity index (χ2v) is 9.73. The molecule has 4 heterocycles. The molecule has 1 aliphatic rings. The minimum absolute atomic E-state index is 0.0658. The van der Waals surface area contributed by atoms with Crippen molar-refractivity contribution in [1.29, 1.82) is 0 Å². The van der Waals surface area contributed by atoms with Gasteiger partial charge < -0.3 is 0 Å². The van der Waals surface area contributed by atoms with E-state index < -0.39 is 0 Å². The van der Waals surface area contributed by atoms with Gasteiger partial charge in [-0.05, 0) is 54.4 Å². The molecular weight excluding hydrogens is 454 g/mol. The van der Waals surface area contributed by atoms with Gasteiger partial charge in [-0.15, -0.1) is 11.3 Å². The molecule has 0 radical (unpaired) electrons. The fourth-order valence-corrected chi connectivity index (χ4v) is 6.23. The molecule has 6 rings (SSSR count). The summed E-state index contributed by atoms with van der Waals surface area (Å²) in [6.45, 7) is 10.2. The van der Waals surface area contributed by atoms with Crippen LogP contribution in [-0.2, 0) is 0 Å². The first-order valence-corrected chi connectivity index (χ1v) is 12.5. The van der Waals surface area contributed by atoms with Gasteiger partial charge in [-0.3, -0.25) is 10.00 Å². The van der Waals surface area contributed by atoms with Gasteiger partial charge in [0, 0.05) is 16.0 Å². The Morgan fingerprint density at radius 3 is 2.57 bits per heavy atom. The predicted octanol–water partition coefficient (Wildman–Crippen LogP) is 6.27. The summed E-state index contributed by atoms with van der Waals surface area (Å²) in [5, 5.41) is 17.6. The monoisotopic (exact) mass is 477 g/mol. The number of hydrogen-bond donors (Lipinski definition) is 1. The van der Waals surface area contributed by atoms with E-state index in [2.05, 4.69) is 77.6 Å². The molecule has 8 heteroatoms. The van der Waals surface area contributed by atoms with Crippen molar-refractivity contribution in [2.24, 2.45) is 0 Å². The maximum Gasteiger partial charge on any atom is 0.211 e. The second-order valence-electron chi connectivity index (χ2n) is 8.71. The summed E-state index contributed by atoms with van der Waals surface area (Å²) in [7, 11) is 0. The van der Waals surface area contributed by atoms with Crippen molar-refractivity contribution in [1.82, 2.24) is 30.3 Å². The van der Waals surface area contributed by atoms with Crippen LogP contribution in [0.5, 0.6) is 0 Å². The number of fused-ring (bicyclic) bond motifs is 1. The van der Waals surface area contributed by atoms with Crippen molar-refractivity contribution in [2.45, 2.75) is 25.3 Å². The van der Waals surface area contributed by atoms with E-state index in [1.807, 2.05) is 6.07 Å². The highest BCUT2D eigenvalue weighted by Crippen LogP contribution is 2.52. The highest BCUT2D eigenvalue weighted by Gasteiger charge is 2.33. The van der Waals surface area contributed by atoms with Gasteiger partial charge in [0.25, 0.3) is 0 Å². The molecule has 0 saturated carbocycles. The van der Waals surface area contributed by atoms with Crippen LogP contribution in [-0.4, -0.2) is 43.4 Å². The van der Waals surface area contributed by atoms with Crippen LogP contribution in [0, 0.1) is 6.57 Å². The number of nitrogens with one attached hydrogen (secondary N) is 1. The lowest BCUT2D eigenvalue weighted by molar-refractivity contribution is 0.188. The summed E-state index contributed by atoms with van der Waals surface area (Å²) < 4.78 is 0. The molecule has 1 saturated heterocycles. The highest BCUT2D eigenvalue weighted by atomic mass is 32.1. The molecule has 2 aromatic carbocycles. The summed E-state index contributed by atoms with van der Waals surface area (Å²) in [4.78, 5) is 13.0. The smallest absolute Gasteiger partial charge is 0.211 e. The maximum atomic E-state index is 8.25. The molecule has 5 aromatic rings. The van der Waals surface area contributed by atoms with Crippen LogP contribution in [0.1, 0.15) is 36.4 Å². The predicted molar refractivity (Wildman–Crippen MR) is 138 cm³/mol. The lowest BCUT2D eigenvalue weighted by Crippen LogP contribution is -2.34. The minimum atomic E-state index is -0.0658. The number of aromatic nitrogens is 5. The van der Waals surface area contributed by atoms with Crippen LogP contribution >= 0.6 is 11.3 Å². The van der Waals surface area contributed by atoms with Gasteiger partial charge in [0.1, 0.15) is 6.33 Å². The van der Waals surface area contributed by atoms with Crippen LogP contribution < -0.4 is 0 Å². The molecule has 1 atom stereocenters. The molecule has 0 spiro atoms. The van der Waals surface area contributed by atoms with E-state index in [0.717, 1.165) is 46.8 Å². The van der Waals surface area contributed by atoms with Crippen LogP contribution in [0.3, 0.4) is 0 Å². The summed E-state index contributed by atoms with van der Waals surface area (Å²) in [5.41, 5.74) is 3.72. The van der Waals surface area contributed by atoms with Crippen molar-refractivity contribution in [3.05, 3.63) is 89.8 Å². The fourth-order valence-electron chi connectivity index (χ4n) is 5.03. The van der Waals surface area contributed by atoms with E-state index in [4.69, 9.17) is 6.57 Å². The lowest BCUT2D eigenvalue weighted by Gasteiger charge is -2.36. The average Bonchev–Trinajstić information content (AvgIpc) is 3.58. The maximum absolute atomic E-state index is 8.25. The number of hydrogen-bond acceptors (Lipinski definition) is 6. The van der Waals surface area contributed by atoms with Crippen LogP contribution in [0.4, 0.5) is 5.69 Å². The van der Waals surface area contributed by atoms with Crippen molar-refractivity contribution >= 4 is 27.8 Å². The van der Waals surface area contributed by atoms with Crippen molar-refractivity contribution in [3.8, 4) is 21.1 Å². The number of rotatable bonds is 5.